The summed E-state index contributed by atoms with van der Waals surface area (Å²) in [6, 6.07) is 12.5. The van der Waals surface area contributed by atoms with Crippen molar-refractivity contribution in [1.82, 2.24) is 10.2 Å². The molecule has 2 aromatic carbocycles. The van der Waals surface area contributed by atoms with Crippen LogP contribution in [0.4, 0.5) is 4.39 Å². The number of benzene rings is 2. The van der Waals surface area contributed by atoms with Crippen LogP contribution in [0.2, 0.25) is 0 Å². The number of ether oxygens (including phenoxy) is 2. The molecule has 28 heavy (non-hydrogen) atoms. The monoisotopic (exact) mass is 432 g/mol. The number of likely N-dealkylation sites (N-methyl/N-ethyl adjacent to an activating group) is 1. The predicted molar refractivity (Wildman–Crippen MR) is 118 cm³/mol. The first-order valence-corrected chi connectivity index (χ1v) is 9.14. The maximum absolute atomic E-state index is 13.8. The van der Waals surface area contributed by atoms with Gasteiger partial charge in [-0.05, 0) is 25.2 Å². The topological polar surface area (TPSA) is 33.7 Å². The second-order valence-corrected chi connectivity index (χ2v) is 6.03. The van der Waals surface area contributed by atoms with Crippen molar-refractivity contribution in [2.45, 2.75) is 27.0 Å². The number of rotatable bonds is 11. The molecular formula is C21H31Cl2FN2O2. The Morgan fingerprint density at radius 1 is 0.964 bits per heavy atom. The van der Waals surface area contributed by atoms with Crippen molar-refractivity contribution in [3.05, 3.63) is 59.4 Å². The second-order valence-electron chi connectivity index (χ2n) is 6.03. The molecule has 7 heteroatoms. The van der Waals surface area contributed by atoms with Crippen molar-refractivity contribution in [3.63, 3.8) is 0 Å². The van der Waals surface area contributed by atoms with Crippen LogP contribution in [-0.4, -0.2) is 38.2 Å². The molecule has 0 saturated carbocycles. The minimum absolute atomic E-state index is 0. The highest BCUT2D eigenvalue weighted by Gasteiger charge is 2.12. The molecule has 0 radical (unpaired) electrons. The fourth-order valence-electron chi connectivity index (χ4n) is 2.79. The van der Waals surface area contributed by atoms with Gasteiger partial charge >= 0.3 is 0 Å². The Balaban J connectivity index is 0.00000364. The van der Waals surface area contributed by atoms with Crippen LogP contribution < -0.4 is 14.8 Å². The third kappa shape index (κ3) is 7.84. The van der Waals surface area contributed by atoms with Gasteiger partial charge in [0.25, 0.3) is 0 Å². The van der Waals surface area contributed by atoms with Gasteiger partial charge in [-0.1, -0.05) is 44.2 Å². The quantitative estimate of drug-likeness (QED) is 0.522. The molecule has 1 N–H and O–H groups in total. The van der Waals surface area contributed by atoms with E-state index in [1.165, 1.54) is 6.07 Å². The molecule has 0 spiro atoms. The number of halogens is 3. The Morgan fingerprint density at radius 2 is 1.64 bits per heavy atom. The largest absolute Gasteiger partial charge is 0.493 e. The molecule has 0 bridgehead atoms. The van der Waals surface area contributed by atoms with E-state index < -0.39 is 0 Å². The first kappa shape index (κ1) is 26.5. The van der Waals surface area contributed by atoms with Gasteiger partial charge in [-0.2, -0.15) is 0 Å². The third-order valence-electron chi connectivity index (χ3n) is 4.42. The lowest BCUT2D eigenvalue weighted by Gasteiger charge is -2.19. The van der Waals surface area contributed by atoms with E-state index in [1.54, 1.807) is 25.3 Å². The lowest BCUT2D eigenvalue weighted by molar-refractivity contribution is 0.275. The molecule has 0 atom stereocenters. The van der Waals surface area contributed by atoms with Gasteiger partial charge in [-0.3, -0.25) is 0 Å². The minimum Gasteiger partial charge on any atom is -0.493 e. The zero-order valence-corrected chi connectivity index (χ0v) is 18.4. The van der Waals surface area contributed by atoms with Gasteiger partial charge < -0.3 is 19.7 Å². The summed E-state index contributed by atoms with van der Waals surface area (Å²) >= 11 is 0. The van der Waals surface area contributed by atoms with Gasteiger partial charge in [0, 0.05) is 30.8 Å². The van der Waals surface area contributed by atoms with E-state index in [-0.39, 0.29) is 37.2 Å². The molecule has 0 saturated heterocycles. The first-order chi connectivity index (χ1) is 12.7. The number of hydrogen-bond acceptors (Lipinski definition) is 4. The Labute approximate surface area is 180 Å². The number of nitrogens with zero attached hydrogens (tertiary/aromatic N) is 1. The number of para-hydroxylation sites is 1. The van der Waals surface area contributed by atoms with E-state index >= 15 is 0 Å². The maximum Gasteiger partial charge on any atom is 0.166 e. The number of hydrogen-bond donors (Lipinski definition) is 1. The standard InChI is InChI=1S/C21H29FN2O2.2ClH/c1-4-24(5-2)14-13-23-15-17-10-8-12-20(25-3)21(17)26-16-18-9-6-7-11-19(18)22;;/h6-12,23H,4-5,13-16H2,1-3H3;2*1H. The predicted octanol–water partition coefficient (Wildman–Crippen LogP) is 4.69. The summed E-state index contributed by atoms with van der Waals surface area (Å²) in [7, 11) is 1.61. The van der Waals surface area contributed by atoms with E-state index in [4.69, 9.17) is 9.47 Å². The second kappa shape index (κ2) is 14.5. The van der Waals surface area contributed by atoms with Crippen molar-refractivity contribution in [1.29, 1.82) is 0 Å². The zero-order valence-electron chi connectivity index (χ0n) is 16.7. The van der Waals surface area contributed by atoms with E-state index in [0.717, 1.165) is 31.7 Å². The van der Waals surface area contributed by atoms with Crippen LogP contribution >= 0.6 is 24.8 Å². The third-order valence-corrected chi connectivity index (χ3v) is 4.42. The van der Waals surface area contributed by atoms with Gasteiger partial charge in [0.15, 0.2) is 11.5 Å². The Bertz CT molecular complexity index is 685. The van der Waals surface area contributed by atoms with Crippen LogP contribution in [0, 0.1) is 5.82 Å². The molecule has 0 heterocycles. The van der Waals surface area contributed by atoms with E-state index in [2.05, 4.69) is 24.1 Å². The van der Waals surface area contributed by atoms with Gasteiger partial charge in [-0.25, -0.2) is 4.39 Å². The highest BCUT2D eigenvalue weighted by molar-refractivity contribution is 5.85. The Kier molecular flexibility index (Phi) is 13.7. The SMILES string of the molecule is CCN(CC)CCNCc1cccc(OC)c1OCc1ccccc1F.Cl.Cl. The normalized spacial score (nSPS) is 10.2. The molecule has 0 amide bonds. The highest BCUT2D eigenvalue weighted by atomic mass is 35.5. The molecule has 158 valence electrons. The fraction of sp³-hybridized carbons (Fsp3) is 0.429. The van der Waals surface area contributed by atoms with Crippen molar-refractivity contribution in [2.24, 2.45) is 0 Å². The molecule has 2 rings (SSSR count). The average molecular weight is 433 g/mol. The molecule has 0 unspecified atom stereocenters. The number of methoxy groups -OCH3 is 1. The van der Waals surface area contributed by atoms with Gasteiger partial charge in [0.1, 0.15) is 12.4 Å². The van der Waals surface area contributed by atoms with Crippen LogP contribution in [0.1, 0.15) is 25.0 Å². The molecule has 0 aliphatic carbocycles. The zero-order chi connectivity index (χ0) is 18.8. The van der Waals surface area contributed by atoms with Crippen molar-refractivity contribution in [3.8, 4) is 11.5 Å². The van der Waals surface area contributed by atoms with Crippen LogP contribution in [0.25, 0.3) is 0 Å². The maximum atomic E-state index is 13.8. The lowest BCUT2D eigenvalue weighted by Crippen LogP contribution is -2.31. The van der Waals surface area contributed by atoms with Crippen LogP contribution in [0.15, 0.2) is 42.5 Å². The van der Waals surface area contributed by atoms with Crippen LogP contribution in [0.5, 0.6) is 11.5 Å². The summed E-state index contributed by atoms with van der Waals surface area (Å²) in [6.07, 6.45) is 0. The molecular weight excluding hydrogens is 402 g/mol. The summed E-state index contributed by atoms with van der Waals surface area (Å²) in [6.45, 7) is 9.17. The molecule has 0 aliphatic rings. The molecule has 0 fully saturated rings. The van der Waals surface area contributed by atoms with Gasteiger partial charge in [0.05, 0.1) is 7.11 Å². The summed E-state index contributed by atoms with van der Waals surface area (Å²) < 4.78 is 25.2. The smallest absolute Gasteiger partial charge is 0.166 e. The van der Waals surface area contributed by atoms with Crippen LogP contribution in [0.3, 0.4) is 0 Å². The molecule has 2 aromatic rings. The number of nitrogens with one attached hydrogen (secondary N) is 1. The highest BCUT2D eigenvalue weighted by Crippen LogP contribution is 2.32. The van der Waals surface area contributed by atoms with Crippen molar-refractivity contribution < 1.29 is 13.9 Å². The fourth-order valence-corrected chi connectivity index (χ4v) is 2.79. The summed E-state index contributed by atoms with van der Waals surface area (Å²) in [5.41, 5.74) is 1.53. The summed E-state index contributed by atoms with van der Waals surface area (Å²) in [5.74, 6) is 1.05. The van der Waals surface area contributed by atoms with Crippen molar-refractivity contribution >= 4 is 24.8 Å². The molecule has 0 aliphatic heterocycles. The average Bonchev–Trinajstić information content (AvgIpc) is 2.67. The van der Waals surface area contributed by atoms with Crippen LogP contribution in [-0.2, 0) is 13.2 Å². The van der Waals surface area contributed by atoms with E-state index in [9.17, 15) is 4.39 Å². The van der Waals surface area contributed by atoms with E-state index in [1.807, 2.05) is 18.2 Å². The van der Waals surface area contributed by atoms with Gasteiger partial charge in [0.2, 0.25) is 0 Å². The molecule has 4 nitrogen and oxygen atoms in total. The van der Waals surface area contributed by atoms with E-state index in [0.29, 0.717) is 23.6 Å². The lowest BCUT2D eigenvalue weighted by atomic mass is 10.1. The minimum atomic E-state index is -0.263. The Morgan fingerprint density at radius 3 is 2.29 bits per heavy atom. The summed E-state index contributed by atoms with van der Waals surface area (Å²) in [5, 5.41) is 3.45. The van der Waals surface area contributed by atoms with Crippen molar-refractivity contribution in [2.75, 3.05) is 33.3 Å². The van der Waals surface area contributed by atoms with Gasteiger partial charge in [-0.15, -0.1) is 24.8 Å². The summed E-state index contributed by atoms with van der Waals surface area (Å²) in [4.78, 5) is 2.37. The first-order valence-electron chi connectivity index (χ1n) is 9.14. The Hall–Kier alpha value is -1.53. The molecule has 0 aromatic heterocycles.